The number of hydrogen-bond donors (Lipinski definition) is 1. The van der Waals surface area contributed by atoms with Gasteiger partial charge in [-0.25, -0.2) is 4.98 Å². The molecule has 0 bridgehead atoms. The first-order valence-corrected chi connectivity index (χ1v) is 8.14. The lowest BCUT2D eigenvalue weighted by molar-refractivity contribution is -0.115. The van der Waals surface area contributed by atoms with Crippen LogP contribution in [0, 0.1) is 6.92 Å². The van der Waals surface area contributed by atoms with Crippen LogP contribution in [-0.4, -0.2) is 25.1 Å². The first-order chi connectivity index (χ1) is 12.6. The summed E-state index contributed by atoms with van der Waals surface area (Å²) >= 11 is 0. The highest BCUT2D eigenvalue weighted by Crippen LogP contribution is 2.29. The largest absolute Gasteiger partial charge is 0.497 e. The summed E-state index contributed by atoms with van der Waals surface area (Å²) < 4.78 is 16.2. The molecule has 1 N–H and O–H groups in total. The zero-order valence-electron chi connectivity index (χ0n) is 14.9. The predicted molar refractivity (Wildman–Crippen MR) is 98.6 cm³/mol. The Kier molecular flexibility index (Phi) is 5.22. The van der Waals surface area contributed by atoms with E-state index in [0.717, 1.165) is 5.56 Å². The quantitative estimate of drug-likeness (QED) is 0.729. The lowest BCUT2D eigenvalue weighted by Gasteiger charge is -2.11. The number of hydrogen-bond acceptors (Lipinski definition) is 5. The molecule has 3 rings (SSSR count). The molecule has 26 heavy (non-hydrogen) atoms. The molecule has 0 unspecified atom stereocenters. The number of carbonyl (C=O) groups is 1. The molecule has 0 atom stereocenters. The van der Waals surface area contributed by atoms with Crippen molar-refractivity contribution < 1.29 is 18.7 Å². The summed E-state index contributed by atoms with van der Waals surface area (Å²) in [5.74, 6) is 2.00. The number of carbonyl (C=O) groups excluding carboxylic acids is 1. The highest BCUT2D eigenvalue weighted by Gasteiger charge is 2.16. The van der Waals surface area contributed by atoms with Gasteiger partial charge in [0.25, 0.3) is 0 Å². The summed E-state index contributed by atoms with van der Waals surface area (Å²) in [5, 5.41) is 2.83. The smallest absolute Gasteiger partial charge is 0.232 e. The number of ether oxygens (including phenoxy) is 2. The zero-order valence-corrected chi connectivity index (χ0v) is 14.9. The van der Waals surface area contributed by atoms with E-state index in [1.807, 2.05) is 37.3 Å². The van der Waals surface area contributed by atoms with Crippen molar-refractivity contribution >= 4 is 11.6 Å². The Morgan fingerprint density at radius 1 is 1.12 bits per heavy atom. The molecule has 1 amide bonds. The van der Waals surface area contributed by atoms with E-state index >= 15 is 0 Å². The Labute approximate surface area is 151 Å². The average molecular weight is 352 g/mol. The molecule has 6 heteroatoms. The Morgan fingerprint density at radius 2 is 1.88 bits per heavy atom. The molecule has 0 aliphatic rings. The molecule has 1 aromatic heterocycles. The van der Waals surface area contributed by atoms with Gasteiger partial charge in [0.1, 0.15) is 17.3 Å². The Bertz CT molecular complexity index is 903. The van der Waals surface area contributed by atoms with Gasteiger partial charge >= 0.3 is 0 Å². The number of benzene rings is 2. The minimum atomic E-state index is -0.215. The third-order valence-electron chi connectivity index (χ3n) is 3.92. The maximum Gasteiger partial charge on any atom is 0.232 e. The highest BCUT2D eigenvalue weighted by atomic mass is 16.5. The van der Waals surface area contributed by atoms with Crippen molar-refractivity contribution in [3.63, 3.8) is 0 Å². The van der Waals surface area contributed by atoms with Crippen molar-refractivity contribution in [3.8, 4) is 23.0 Å². The van der Waals surface area contributed by atoms with Gasteiger partial charge in [0, 0.05) is 11.6 Å². The highest BCUT2D eigenvalue weighted by molar-refractivity contribution is 5.93. The topological polar surface area (TPSA) is 73.6 Å². The van der Waals surface area contributed by atoms with E-state index in [4.69, 9.17) is 13.9 Å². The number of aryl methyl sites for hydroxylation is 1. The van der Waals surface area contributed by atoms with Crippen molar-refractivity contribution in [2.24, 2.45) is 0 Å². The van der Waals surface area contributed by atoms with Crippen LogP contribution in [-0.2, 0) is 11.2 Å². The minimum absolute atomic E-state index is 0.0842. The maximum absolute atomic E-state index is 12.4. The number of anilines is 1. The van der Waals surface area contributed by atoms with Crippen LogP contribution in [0.15, 0.2) is 52.9 Å². The second kappa shape index (κ2) is 7.74. The van der Waals surface area contributed by atoms with Crippen LogP contribution in [0.25, 0.3) is 11.5 Å². The van der Waals surface area contributed by atoms with Gasteiger partial charge in [-0.1, -0.05) is 18.2 Å². The van der Waals surface area contributed by atoms with Crippen molar-refractivity contribution in [2.45, 2.75) is 13.3 Å². The summed E-state index contributed by atoms with van der Waals surface area (Å²) in [6.07, 6.45) is 0.0842. The van der Waals surface area contributed by atoms with E-state index in [-0.39, 0.29) is 12.3 Å². The van der Waals surface area contributed by atoms with E-state index < -0.39 is 0 Å². The average Bonchev–Trinajstić information content (AvgIpc) is 3.03. The SMILES string of the molecule is COc1ccc(NC(=O)Cc2oc(-c3ccccc3)nc2C)c(OC)c1. The van der Waals surface area contributed by atoms with Crippen molar-refractivity contribution in [3.05, 3.63) is 60.0 Å². The van der Waals surface area contributed by atoms with Gasteiger partial charge in [0.2, 0.25) is 11.8 Å². The molecule has 0 saturated heterocycles. The fraction of sp³-hybridized carbons (Fsp3) is 0.200. The van der Waals surface area contributed by atoms with Gasteiger partial charge in [0.05, 0.1) is 32.0 Å². The monoisotopic (exact) mass is 352 g/mol. The molecular formula is C20H20N2O4. The molecule has 0 radical (unpaired) electrons. The van der Waals surface area contributed by atoms with Crippen LogP contribution in [0.4, 0.5) is 5.69 Å². The summed E-state index contributed by atoms with van der Waals surface area (Å²) in [4.78, 5) is 16.8. The van der Waals surface area contributed by atoms with Crippen LogP contribution in [0.2, 0.25) is 0 Å². The first-order valence-electron chi connectivity index (χ1n) is 8.14. The molecule has 1 heterocycles. The molecule has 0 aliphatic heterocycles. The van der Waals surface area contributed by atoms with E-state index in [1.54, 1.807) is 25.3 Å². The van der Waals surface area contributed by atoms with Crippen molar-refractivity contribution in [1.82, 2.24) is 4.98 Å². The van der Waals surface area contributed by atoms with Gasteiger partial charge in [0.15, 0.2) is 0 Å². The Hall–Kier alpha value is -3.28. The zero-order chi connectivity index (χ0) is 18.5. The maximum atomic E-state index is 12.4. The summed E-state index contributed by atoms with van der Waals surface area (Å²) in [6, 6.07) is 14.8. The normalized spacial score (nSPS) is 10.4. The van der Waals surface area contributed by atoms with Crippen molar-refractivity contribution in [1.29, 1.82) is 0 Å². The van der Waals surface area contributed by atoms with Crippen LogP contribution < -0.4 is 14.8 Å². The van der Waals surface area contributed by atoms with Crippen LogP contribution in [0.1, 0.15) is 11.5 Å². The molecule has 0 saturated carbocycles. The number of nitrogens with one attached hydrogen (secondary N) is 1. The van der Waals surface area contributed by atoms with Gasteiger partial charge in [-0.3, -0.25) is 4.79 Å². The number of aromatic nitrogens is 1. The first kappa shape index (κ1) is 17.5. The summed E-state index contributed by atoms with van der Waals surface area (Å²) in [5.41, 5.74) is 2.14. The third kappa shape index (κ3) is 3.85. The number of methoxy groups -OCH3 is 2. The Balaban J connectivity index is 1.74. The summed E-state index contributed by atoms with van der Waals surface area (Å²) in [6.45, 7) is 1.83. The molecular weight excluding hydrogens is 332 g/mol. The van der Waals surface area contributed by atoms with Gasteiger partial charge in [-0.15, -0.1) is 0 Å². The number of nitrogens with zero attached hydrogens (tertiary/aromatic N) is 1. The molecule has 134 valence electrons. The number of amides is 1. The number of rotatable bonds is 6. The molecule has 2 aromatic carbocycles. The van der Waals surface area contributed by atoms with E-state index in [2.05, 4.69) is 10.3 Å². The lowest BCUT2D eigenvalue weighted by atomic mass is 10.2. The van der Waals surface area contributed by atoms with Crippen LogP contribution in [0.5, 0.6) is 11.5 Å². The second-order valence-corrected chi connectivity index (χ2v) is 5.68. The molecule has 0 spiro atoms. The molecule has 0 fully saturated rings. The predicted octanol–water partition coefficient (Wildman–Crippen LogP) is 3.85. The third-order valence-corrected chi connectivity index (χ3v) is 3.92. The Morgan fingerprint density at radius 3 is 2.58 bits per heavy atom. The van der Waals surface area contributed by atoms with Crippen LogP contribution >= 0.6 is 0 Å². The molecule has 0 aliphatic carbocycles. The second-order valence-electron chi connectivity index (χ2n) is 5.68. The summed E-state index contributed by atoms with van der Waals surface area (Å²) in [7, 11) is 3.11. The van der Waals surface area contributed by atoms with E-state index in [0.29, 0.717) is 34.5 Å². The van der Waals surface area contributed by atoms with E-state index in [9.17, 15) is 4.79 Å². The minimum Gasteiger partial charge on any atom is -0.497 e. The van der Waals surface area contributed by atoms with Crippen LogP contribution in [0.3, 0.4) is 0 Å². The van der Waals surface area contributed by atoms with Gasteiger partial charge in [-0.05, 0) is 31.2 Å². The number of oxazole rings is 1. The lowest BCUT2D eigenvalue weighted by Crippen LogP contribution is -2.15. The standard InChI is InChI=1S/C20H20N2O4/c1-13-17(26-20(21-13)14-7-5-4-6-8-14)12-19(23)22-16-10-9-15(24-2)11-18(16)25-3/h4-11H,12H2,1-3H3,(H,22,23). The van der Waals surface area contributed by atoms with Gasteiger partial charge < -0.3 is 19.2 Å². The van der Waals surface area contributed by atoms with E-state index in [1.165, 1.54) is 7.11 Å². The van der Waals surface area contributed by atoms with Crippen molar-refractivity contribution in [2.75, 3.05) is 19.5 Å². The fourth-order valence-corrected chi connectivity index (χ4v) is 2.54. The molecule has 3 aromatic rings. The van der Waals surface area contributed by atoms with Gasteiger partial charge in [-0.2, -0.15) is 0 Å². The molecule has 6 nitrogen and oxygen atoms in total. The fourth-order valence-electron chi connectivity index (χ4n) is 2.54.